The van der Waals surface area contributed by atoms with Crippen LogP contribution < -0.4 is 19.3 Å². The van der Waals surface area contributed by atoms with Gasteiger partial charge in [0.25, 0.3) is 0 Å². The van der Waals surface area contributed by atoms with Crippen molar-refractivity contribution >= 4 is 11.5 Å². The van der Waals surface area contributed by atoms with E-state index in [-0.39, 0.29) is 5.75 Å². The summed E-state index contributed by atoms with van der Waals surface area (Å²) < 4.78 is 24.7. The van der Waals surface area contributed by atoms with Crippen LogP contribution in [0.25, 0.3) is 0 Å². The molecule has 2 heterocycles. The van der Waals surface area contributed by atoms with Gasteiger partial charge in [-0.2, -0.15) is 0 Å². The van der Waals surface area contributed by atoms with Gasteiger partial charge >= 0.3 is 0 Å². The van der Waals surface area contributed by atoms with Crippen LogP contribution in [0.15, 0.2) is 60.9 Å². The summed E-state index contributed by atoms with van der Waals surface area (Å²) in [5.41, 5.74) is 1.14. The van der Waals surface area contributed by atoms with Gasteiger partial charge in [0.05, 0.1) is 7.11 Å². The topological polar surface area (TPSA) is 50.7 Å². The van der Waals surface area contributed by atoms with Crippen molar-refractivity contribution in [3.8, 4) is 17.4 Å². The average Bonchev–Trinajstić information content (AvgIpc) is 2.76. The second kappa shape index (κ2) is 8.12. The van der Waals surface area contributed by atoms with Crippen molar-refractivity contribution in [2.75, 3.05) is 43.1 Å². The molecule has 0 unspecified atom stereocenters. The maximum absolute atomic E-state index is 13.8. The smallest absolute Gasteiger partial charge is 0.224 e. The highest BCUT2D eigenvalue weighted by molar-refractivity contribution is 5.53. The van der Waals surface area contributed by atoms with E-state index < -0.39 is 5.82 Å². The van der Waals surface area contributed by atoms with E-state index in [9.17, 15) is 4.39 Å². The highest BCUT2D eigenvalue weighted by Gasteiger charge is 2.19. The molecule has 7 heteroatoms. The zero-order valence-corrected chi connectivity index (χ0v) is 15.6. The van der Waals surface area contributed by atoms with E-state index in [1.54, 1.807) is 31.4 Å². The standard InChI is InChI=1S/C21H21FN4O2/c1-27-17-6-4-5-16(13-17)25-9-11-26(12-10-25)20-14-21(24-15-23-20)28-19-8-3-2-7-18(19)22/h2-8,13-15H,9-12H2,1H3. The lowest BCUT2D eigenvalue weighted by atomic mass is 10.2. The molecular formula is C21H21FN4O2. The normalized spacial score (nSPS) is 14.1. The third kappa shape index (κ3) is 3.98. The van der Waals surface area contributed by atoms with Crippen molar-refractivity contribution in [1.29, 1.82) is 0 Å². The second-order valence-electron chi connectivity index (χ2n) is 6.42. The van der Waals surface area contributed by atoms with Crippen LogP contribution in [0.4, 0.5) is 15.9 Å². The molecule has 6 nitrogen and oxygen atoms in total. The predicted molar refractivity (Wildman–Crippen MR) is 106 cm³/mol. The van der Waals surface area contributed by atoms with Crippen LogP contribution in [0.1, 0.15) is 0 Å². The first-order valence-electron chi connectivity index (χ1n) is 9.11. The highest BCUT2D eigenvalue weighted by Crippen LogP contribution is 2.26. The monoisotopic (exact) mass is 380 g/mol. The lowest BCUT2D eigenvalue weighted by molar-refractivity contribution is 0.414. The Morgan fingerprint density at radius 3 is 2.46 bits per heavy atom. The Morgan fingerprint density at radius 2 is 1.68 bits per heavy atom. The van der Waals surface area contributed by atoms with E-state index in [1.807, 2.05) is 18.2 Å². The summed E-state index contributed by atoms with van der Waals surface area (Å²) in [7, 11) is 1.67. The van der Waals surface area contributed by atoms with Crippen molar-refractivity contribution in [2.45, 2.75) is 0 Å². The third-order valence-electron chi connectivity index (χ3n) is 4.70. The number of piperazine rings is 1. The fraction of sp³-hybridized carbons (Fsp3) is 0.238. The Bertz CT molecular complexity index is 945. The molecule has 0 saturated carbocycles. The average molecular weight is 380 g/mol. The Labute approximate surface area is 163 Å². The van der Waals surface area contributed by atoms with E-state index in [0.29, 0.717) is 5.88 Å². The van der Waals surface area contributed by atoms with Gasteiger partial charge in [-0.15, -0.1) is 0 Å². The largest absolute Gasteiger partial charge is 0.497 e. The minimum Gasteiger partial charge on any atom is -0.497 e. The van der Waals surface area contributed by atoms with Crippen molar-refractivity contribution in [1.82, 2.24) is 9.97 Å². The number of nitrogens with zero attached hydrogens (tertiary/aromatic N) is 4. The fourth-order valence-corrected chi connectivity index (χ4v) is 3.20. The quantitative estimate of drug-likeness (QED) is 0.672. The van der Waals surface area contributed by atoms with Crippen LogP contribution in [0.3, 0.4) is 0 Å². The molecule has 0 N–H and O–H groups in total. The van der Waals surface area contributed by atoms with Crippen molar-refractivity contribution in [2.24, 2.45) is 0 Å². The Hall–Kier alpha value is -3.35. The first-order valence-corrected chi connectivity index (χ1v) is 9.11. The molecule has 0 bridgehead atoms. The number of anilines is 2. The molecule has 1 fully saturated rings. The number of para-hydroxylation sites is 1. The van der Waals surface area contributed by atoms with Crippen LogP contribution >= 0.6 is 0 Å². The molecule has 28 heavy (non-hydrogen) atoms. The summed E-state index contributed by atoms with van der Waals surface area (Å²) in [6.07, 6.45) is 1.44. The molecule has 0 atom stereocenters. The van der Waals surface area contributed by atoms with Crippen LogP contribution in [0.2, 0.25) is 0 Å². The highest BCUT2D eigenvalue weighted by atomic mass is 19.1. The van der Waals surface area contributed by atoms with Gasteiger partial charge in [-0.3, -0.25) is 0 Å². The minimum atomic E-state index is -0.422. The molecule has 1 saturated heterocycles. The van der Waals surface area contributed by atoms with E-state index >= 15 is 0 Å². The van der Waals surface area contributed by atoms with Crippen molar-refractivity contribution < 1.29 is 13.9 Å². The molecule has 144 valence electrons. The van der Waals surface area contributed by atoms with Gasteiger partial charge in [0.15, 0.2) is 11.6 Å². The molecule has 0 amide bonds. The first kappa shape index (κ1) is 18.0. The second-order valence-corrected chi connectivity index (χ2v) is 6.42. The van der Waals surface area contributed by atoms with Gasteiger partial charge in [-0.25, -0.2) is 14.4 Å². The molecule has 0 spiro atoms. The molecule has 3 aromatic rings. The summed E-state index contributed by atoms with van der Waals surface area (Å²) in [5.74, 6) is 1.67. The van der Waals surface area contributed by atoms with E-state index in [0.717, 1.165) is 43.4 Å². The van der Waals surface area contributed by atoms with E-state index in [1.165, 1.54) is 12.4 Å². The van der Waals surface area contributed by atoms with Gasteiger partial charge in [0.2, 0.25) is 5.88 Å². The van der Waals surface area contributed by atoms with Gasteiger partial charge in [0.1, 0.15) is 17.9 Å². The molecular weight excluding hydrogens is 359 g/mol. The lowest BCUT2D eigenvalue weighted by Crippen LogP contribution is -2.46. The lowest BCUT2D eigenvalue weighted by Gasteiger charge is -2.36. The summed E-state index contributed by atoms with van der Waals surface area (Å²) in [5, 5.41) is 0. The third-order valence-corrected chi connectivity index (χ3v) is 4.70. The maximum Gasteiger partial charge on any atom is 0.224 e. The first-order chi connectivity index (χ1) is 13.7. The number of halogens is 1. The molecule has 0 radical (unpaired) electrons. The van der Waals surface area contributed by atoms with Crippen LogP contribution in [0.5, 0.6) is 17.4 Å². The van der Waals surface area contributed by atoms with Crippen LogP contribution in [0, 0.1) is 5.82 Å². The Morgan fingerprint density at radius 1 is 0.893 bits per heavy atom. The van der Waals surface area contributed by atoms with Gasteiger partial charge in [-0.1, -0.05) is 18.2 Å². The summed E-state index contributed by atoms with van der Waals surface area (Å²) in [6.45, 7) is 3.35. The predicted octanol–water partition coefficient (Wildman–Crippen LogP) is 3.74. The van der Waals surface area contributed by atoms with E-state index in [4.69, 9.17) is 9.47 Å². The molecule has 4 rings (SSSR count). The fourth-order valence-electron chi connectivity index (χ4n) is 3.20. The maximum atomic E-state index is 13.8. The SMILES string of the molecule is COc1cccc(N2CCN(c3cc(Oc4ccccc4F)ncn3)CC2)c1. The Kier molecular flexibility index (Phi) is 5.23. The molecule has 0 aliphatic carbocycles. The van der Waals surface area contributed by atoms with E-state index in [2.05, 4.69) is 25.8 Å². The van der Waals surface area contributed by atoms with Crippen molar-refractivity contribution in [3.63, 3.8) is 0 Å². The number of rotatable bonds is 5. The number of methoxy groups -OCH3 is 1. The summed E-state index contributed by atoms with van der Waals surface area (Å²) in [6, 6.07) is 16.1. The number of hydrogen-bond acceptors (Lipinski definition) is 6. The molecule has 2 aromatic carbocycles. The number of aromatic nitrogens is 2. The number of benzene rings is 2. The minimum absolute atomic E-state index is 0.148. The number of hydrogen-bond donors (Lipinski definition) is 0. The van der Waals surface area contributed by atoms with Gasteiger partial charge < -0.3 is 19.3 Å². The van der Waals surface area contributed by atoms with Crippen LogP contribution in [-0.2, 0) is 0 Å². The summed E-state index contributed by atoms with van der Waals surface area (Å²) >= 11 is 0. The van der Waals surface area contributed by atoms with Gasteiger partial charge in [0, 0.05) is 44.0 Å². The molecule has 1 aromatic heterocycles. The zero-order chi connectivity index (χ0) is 19.3. The summed E-state index contributed by atoms with van der Waals surface area (Å²) in [4.78, 5) is 12.9. The molecule has 1 aliphatic heterocycles. The zero-order valence-electron chi connectivity index (χ0n) is 15.6. The Balaban J connectivity index is 1.43. The van der Waals surface area contributed by atoms with Crippen molar-refractivity contribution in [3.05, 3.63) is 66.7 Å². The van der Waals surface area contributed by atoms with Crippen LogP contribution in [-0.4, -0.2) is 43.3 Å². The number of ether oxygens (including phenoxy) is 2. The van der Waals surface area contributed by atoms with Gasteiger partial charge in [-0.05, 0) is 24.3 Å². The molecule has 1 aliphatic rings.